The van der Waals surface area contributed by atoms with Crippen LogP contribution in [0.2, 0.25) is 5.02 Å². The van der Waals surface area contributed by atoms with Crippen molar-refractivity contribution in [3.8, 4) is 11.5 Å². The van der Waals surface area contributed by atoms with Crippen LogP contribution in [0.25, 0.3) is 10.9 Å². The molecule has 1 aliphatic rings. The molecule has 1 aromatic heterocycles. The van der Waals surface area contributed by atoms with Crippen molar-refractivity contribution in [2.24, 2.45) is 0 Å². The molecular formula is C24H21ClN2O2. The third kappa shape index (κ3) is 3.82. The molecule has 0 bridgehead atoms. The second-order valence-corrected chi connectivity index (χ2v) is 7.66. The SMILES string of the molecule is Clc1cccc(Cn2cc(CNCc3ccc4c(c3)OCO4)c3ccccc32)c1. The second kappa shape index (κ2) is 7.82. The summed E-state index contributed by atoms with van der Waals surface area (Å²) in [6.45, 7) is 2.66. The Labute approximate surface area is 174 Å². The van der Waals surface area contributed by atoms with Crippen molar-refractivity contribution in [1.29, 1.82) is 0 Å². The van der Waals surface area contributed by atoms with Gasteiger partial charge in [-0.25, -0.2) is 0 Å². The topological polar surface area (TPSA) is 35.4 Å². The Bertz CT molecular complexity index is 1170. The first kappa shape index (κ1) is 18.1. The van der Waals surface area contributed by atoms with E-state index in [1.54, 1.807) is 0 Å². The van der Waals surface area contributed by atoms with Gasteiger partial charge in [0, 0.05) is 41.8 Å². The van der Waals surface area contributed by atoms with E-state index in [0.717, 1.165) is 36.2 Å². The fourth-order valence-electron chi connectivity index (χ4n) is 3.82. The standard InChI is InChI=1S/C24H21ClN2O2/c25-20-5-3-4-18(10-20)14-27-15-19(21-6-1-2-7-22(21)27)13-26-12-17-8-9-23-24(11-17)29-16-28-23/h1-11,15,26H,12-14,16H2. The summed E-state index contributed by atoms with van der Waals surface area (Å²) in [4.78, 5) is 0. The summed E-state index contributed by atoms with van der Waals surface area (Å²) in [5.74, 6) is 1.64. The summed E-state index contributed by atoms with van der Waals surface area (Å²) in [5.41, 5.74) is 4.88. The van der Waals surface area contributed by atoms with Crippen LogP contribution in [-0.4, -0.2) is 11.4 Å². The van der Waals surface area contributed by atoms with Gasteiger partial charge in [-0.05, 0) is 47.0 Å². The maximum Gasteiger partial charge on any atom is 0.231 e. The predicted octanol–water partition coefficient (Wildman–Crippen LogP) is 5.36. The van der Waals surface area contributed by atoms with Gasteiger partial charge >= 0.3 is 0 Å². The van der Waals surface area contributed by atoms with Crippen LogP contribution in [0, 0.1) is 0 Å². The molecule has 0 saturated carbocycles. The van der Waals surface area contributed by atoms with Gasteiger partial charge in [0.25, 0.3) is 0 Å². The van der Waals surface area contributed by atoms with Gasteiger partial charge < -0.3 is 19.4 Å². The molecule has 0 unspecified atom stereocenters. The lowest BCUT2D eigenvalue weighted by Gasteiger charge is -2.06. The van der Waals surface area contributed by atoms with Gasteiger partial charge in [0.2, 0.25) is 6.79 Å². The highest BCUT2D eigenvalue weighted by Gasteiger charge is 2.13. The molecule has 2 heterocycles. The molecule has 0 aliphatic carbocycles. The van der Waals surface area contributed by atoms with Crippen molar-refractivity contribution in [1.82, 2.24) is 9.88 Å². The van der Waals surface area contributed by atoms with Crippen LogP contribution >= 0.6 is 11.6 Å². The molecule has 3 aromatic carbocycles. The Kier molecular flexibility index (Phi) is 4.88. The number of benzene rings is 3. The van der Waals surface area contributed by atoms with E-state index in [9.17, 15) is 0 Å². The number of fused-ring (bicyclic) bond motifs is 2. The number of nitrogens with zero attached hydrogens (tertiary/aromatic N) is 1. The van der Waals surface area contributed by atoms with Crippen LogP contribution in [0.15, 0.2) is 72.9 Å². The smallest absolute Gasteiger partial charge is 0.231 e. The van der Waals surface area contributed by atoms with E-state index in [0.29, 0.717) is 6.79 Å². The monoisotopic (exact) mass is 404 g/mol. The molecule has 0 fully saturated rings. The van der Waals surface area contributed by atoms with Crippen molar-refractivity contribution in [3.63, 3.8) is 0 Å². The fraction of sp³-hybridized carbons (Fsp3) is 0.167. The van der Waals surface area contributed by atoms with Gasteiger partial charge in [-0.15, -0.1) is 0 Å². The quantitative estimate of drug-likeness (QED) is 0.469. The number of ether oxygens (including phenoxy) is 2. The van der Waals surface area contributed by atoms with Crippen LogP contribution in [0.1, 0.15) is 16.7 Å². The number of halogens is 1. The third-order valence-corrected chi connectivity index (χ3v) is 5.43. The van der Waals surface area contributed by atoms with Gasteiger partial charge in [-0.3, -0.25) is 0 Å². The predicted molar refractivity (Wildman–Crippen MR) is 116 cm³/mol. The van der Waals surface area contributed by atoms with E-state index in [1.807, 2.05) is 30.3 Å². The summed E-state index contributed by atoms with van der Waals surface area (Å²) in [6.07, 6.45) is 2.23. The summed E-state index contributed by atoms with van der Waals surface area (Å²) < 4.78 is 13.1. The molecule has 0 saturated heterocycles. The molecule has 5 heteroatoms. The maximum atomic E-state index is 6.16. The van der Waals surface area contributed by atoms with Crippen LogP contribution < -0.4 is 14.8 Å². The minimum atomic E-state index is 0.304. The van der Waals surface area contributed by atoms with Gasteiger partial charge in [0.15, 0.2) is 11.5 Å². The molecule has 29 heavy (non-hydrogen) atoms. The number of hydrogen-bond acceptors (Lipinski definition) is 3. The summed E-state index contributed by atoms with van der Waals surface area (Å²) in [7, 11) is 0. The van der Waals surface area contributed by atoms with E-state index in [1.165, 1.54) is 27.6 Å². The average molecular weight is 405 g/mol. The number of para-hydroxylation sites is 1. The fourth-order valence-corrected chi connectivity index (χ4v) is 4.03. The van der Waals surface area contributed by atoms with E-state index in [4.69, 9.17) is 21.1 Å². The second-order valence-electron chi connectivity index (χ2n) is 7.22. The molecule has 0 spiro atoms. The van der Waals surface area contributed by atoms with E-state index in [-0.39, 0.29) is 0 Å². The van der Waals surface area contributed by atoms with Crippen LogP contribution in [0.5, 0.6) is 11.5 Å². The molecular weight excluding hydrogens is 384 g/mol. The first-order valence-electron chi connectivity index (χ1n) is 9.67. The van der Waals surface area contributed by atoms with Crippen molar-refractivity contribution >= 4 is 22.5 Å². The van der Waals surface area contributed by atoms with Crippen LogP contribution in [0.4, 0.5) is 0 Å². The lowest BCUT2D eigenvalue weighted by atomic mass is 10.1. The number of aromatic nitrogens is 1. The minimum Gasteiger partial charge on any atom is -0.454 e. The van der Waals surface area contributed by atoms with E-state index < -0.39 is 0 Å². The average Bonchev–Trinajstić information content (AvgIpc) is 3.33. The Morgan fingerprint density at radius 3 is 2.69 bits per heavy atom. The largest absolute Gasteiger partial charge is 0.454 e. The number of nitrogens with one attached hydrogen (secondary N) is 1. The third-order valence-electron chi connectivity index (χ3n) is 5.19. The zero-order valence-electron chi connectivity index (χ0n) is 15.9. The van der Waals surface area contributed by atoms with Crippen molar-refractivity contribution in [3.05, 3.63) is 94.6 Å². The molecule has 4 aromatic rings. The Hall–Kier alpha value is -2.95. The molecule has 4 nitrogen and oxygen atoms in total. The van der Waals surface area contributed by atoms with Crippen molar-refractivity contribution < 1.29 is 9.47 Å². The Morgan fingerprint density at radius 1 is 0.862 bits per heavy atom. The first-order chi connectivity index (χ1) is 14.3. The van der Waals surface area contributed by atoms with Crippen LogP contribution in [0.3, 0.4) is 0 Å². The van der Waals surface area contributed by atoms with E-state index >= 15 is 0 Å². The van der Waals surface area contributed by atoms with Crippen LogP contribution in [-0.2, 0) is 19.6 Å². The summed E-state index contributed by atoms with van der Waals surface area (Å²) in [6, 6.07) is 22.6. The molecule has 0 atom stereocenters. The lowest BCUT2D eigenvalue weighted by Crippen LogP contribution is -2.12. The van der Waals surface area contributed by atoms with Crippen molar-refractivity contribution in [2.75, 3.05) is 6.79 Å². The highest BCUT2D eigenvalue weighted by Crippen LogP contribution is 2.32. The Balaban J connectivity index is 1.33. The number of hydrogen-bond donors (Lipinski definition) is 1. The molecule has 1 aliphatic heterocycles. The maximum absolute atomic E-state index is 6.16. The highest BCUT2D eigenvalue weighted by atomic mass is 35.5. The van der Waals surface area contributed by atoms with Gasteiger partial charge in [0.05, 0.1) is 0 Å². The summed E-state index contributed by atoms with van der Waals surface area (Å²) in [5, 5.41) is 5.60. The van der Waals surface area contributed by atoms with Crippen molar-refractivity contribution in [2.45, 2.75) is 19.6 Å². The highest BCUT2D eigenvalue weighted by molar-refractivity contribution is 6.30. The van der Waals surface area contributed by atoms with Gasteiger partial charge in [-0.1, -0.05) is 48.0 Å². The molecule has 146 valence electrons. The first-order valence-corrected chi connectivity index (χ1v) is 10.0. The zero-order chi connectivity index (χ0) is 19.6. The molecule has 5 rings (SSSR count). The summed E-state index contributed by atoms with van der Waals surface area (Å²) >= 11 is 6.16. The molecule has 1 N–H and O–H groups in total. The minimum absolute atomic E-state index is 0.304. The zero-order valence-corrected chi connectivity index (χ0v) is 16.7. The van der Waals surface area contributed by atoms with Gasteiger partial charge in [-0.2, -0.15) is 0 Å². The lowest BCUT2D eigenvalue weighted by molar-refractivity contribution is 0.174. The normalized spacial score (nSPS) is 12.6. The van der Waals surface area contributed by atoms with E-state index in [2.05, 4.69) is 52.5 Å². The number of rotatable bonds is 6. The Morgan fingerprint density at radius 2 is 1.76 bits per heavy atom. The molecule has 0 amide bonds. The molecule has 0 radical (unpaired) electrons. The van der Waals surface area contributed by atoms with Gasteiger partial charge in [0.1, 0.15) is 0 Å².